The van der Waals surface area contributed by atoms with Crippen molar-refractivity contribution in [2.24, 2.45) is 0 Å². The van der Waals surface area contributed by atoms with Gasteiger partial charge in [-0.15, -0.1) is 0 Å². The average Bonchev–Trinajstić information content (AvgIpc) is 2.39. The van der Waals surface area contributed by atoms with Crippen LogP contribution >= 0.6 is 11.6 Å². The Balaban J connectivity index is 2.34. The van der Waals surface area contributed by atoms with Gasteiger partial charge in [0.25, 0.3) is 5.91 Å². The summed E-state index contributed by atoms with van der Waals surface area (Å²) in [5, 5.41) is 2.53. The summed E-state index contributed by atoms with van der Waals surface area (Å²) < 4.78 is 38.8. The van der Waals surface area contributed by atoms with E-state index in [1.807, 2.05) is 0 Å². The highest BCUT2D eigenvalue weighted by molar-refractivity contribution is 6.31. The van der Waals surface area contributed by atoms with E-state index < -0.39 is 17.6 Å². The zero-order valence-corrected chi connectivity index (χ0v) is 11.3. The molecule has 0 aliphatic rings. The van der Waals surface area contributed by atoms with Crippen LogP contribution in [-0.2, 0) is 6.18 Å². The number of rotatable bonds is 2. The normalized spacial score (nSPS) is 11.2. The molecule has 0 saturated heterocycles. The van der Waals surface area contributed by atoms with Gasteiger partial charge in [0.1, 0.15) is 0 Å². The number of amides is 1. The third kappa shape index (κ3) is 3.66. The van der Waals surface area contributed by atoms with Crippen LogP contribution in [0.2, 0.25) is 5.02 Å². The number of halogens is 4. The predicted molar refractivity (Wildman–Crippen MR) is 75.3 cm³/mol. The fraction of sp³-hybridized carbons (Fsp3) is 0.0714. The SMILES string of the molecule is Nc1ccc(NC(=O)c2cccc(Cl)c2)c(C(F)(F)F)c1. The summed E-state index contributed by atoms with van der Waals surface area (Å²) in [7, 11) is 0. The lowest BCUT2D eigenvalue weighted by Gasteiger charge is -2.14. The summed E-state index contributed by atoms with van der Waals surface area (Å²) in [5.74, 6) is -0.687. The number of carbonyl (C=O) groups is 1. The van der Waals surface area contributed by atoms with E-state index in [4.69, 9.17) is 17.3 Å². The van der Waals surface area contributed by atoms with Gasteiger partial charge in [-0.05, 0) is 36.4 Å². The van der Waals surface area contributed by atoms with Gasteiger partial charge in [0.2, 0.25) is 0 Å². The summed E-state index contributed by atoms with van der Waals surface area (Å²) in [6.45, 7) is 0. The molecule has 0 atom stereocenters. The monoisotopic (exact) mass is 314 g/mol. The summed E-state index contributed by atoms with van der Waals surface area (Å²) in [5.41, 5.74) is 4.12. The molecule has 2 rings (SSSR count). The molecule has 0 radical (unpaired) electrons. The molecule has 1 amide bonds. The molecule has 110 valence electrons. The van der Waals surface area contributed by atoms with Gasteiger partial charge < -0.3 is 11.1 Å². The molecule has 21 heavy (non-hydrogen) atoms. The lowest BCUT2D eigenvalue weighted by atomic mass is 10.1. The molecule has 3 N–H and O–H groups in total. The lowest BCUT2D eigenvalue weighted by Crippen LogP contribution is -2.17. The van der Waals surface area contributed by atoms with Gasteiger partial charge >= 0.3 is 6.18 Å². The van der Waals surface area contributed by atoms with Crippen molar-refractivity contribution in [3.05, 3.63) is 58.6 Å². The number of nitrogens with one attached hydrogen (secondary N) is 1. The minimum Gasteiger partial charge on any atom is -0.399 e. The van der Waals surface area contributed by atoms with E-state index in [2.05, 4.69) is 5.32 Å². The summed E-state index contributed by atoms with van der Waals surface area (Å²) in [4.78, 5) is 12.0. The quantitative estimate of drug-likeness (QED) is 0.816. The second-order valence-electron chi connectivity index (χ2n) is 4.27. The smallest absolute Gasteiger partial charge is 0.399 e. The van der Waals surface area contributed by atoms with Crippen molar-refractivity contribution in [1.82, 2.24) is 0 Å². The average molecular weight is 315 g/mol. The number of hydrogen-bond donors (Lipinski definition) is 2. The maximum Gasteiger partial charge on any atom is 0.418 e. The van der Waals surface area contributed by atoms with E-state index in [1.165, 1.54) is 24.3 Å². The van der Waals surface area contributed by atoms with Crippen molar-refractivity contribution in [3.8, 4) is 0 Å². The molecule has 0 unspecified atom stereocenters. The number of nitrogens with two attached hydrogens (primary N) is 1. The topological polar surface area (TPSA) is 55.1 Å². The third-order valence-electron chi connectivity index (χ3n) is 2.68. The van der Waals surface area contributed by atoms with E-state index in [9.17, 15) is 18.0 Å². The first-order chi connectivity index (χ1) is 9.77. The van der Waals surface area contributed by atoms with Gasteiger partial charge in [-0.1, -0.05) is 17.7 Å². The van der Waals surface area contributed by atoms with Crippen LogP contribution in [0.3, 0.4) is 0 Å². The van der Waals surface area contributed by atoms with Crippen molar-refractivity contribution in [2.45, 2.75) is 6.18 Å². The summed E-state index contributed by atoms with van der Waals surface area (Å²) >= 11 is 5.74. The fourth-order valence-electron chi connectivity index (χ4n) is 1.73. The Hall–Kier alpha value is -2.21. The standard InChI is InChI=1S/C14H10ClF3N2O/c15-9-3-1-2-8(6-9)13(21)20-12-5-4-10(19)7-11(12)14(16,17)18/h1-7H,19H2,(H,20,21). The number of alkyl halides is 3. The van der Waals surface area contributed by atoms with Gasteiger partial charge in [0.05, 0.1) is 11.3 Å². The van der Waals surface area contributed by atoms with E-state index in [1.54, 1.807) is 6.07 Å². The maximum absolute atomic E-state index is 12.9. The number of carbonyl (C=O) groups excluding carboxylic acids is 1. The van der Waals surface area contributed by atoms with Crippen LogP contribution in [0.1, 0.15) is 15.9 Å². The first-order valence-corrected chi connectivity index (χ1v) is 6.19. The van der Waals surface area contributed by atoms with Crippen molar-refractivity contribution < 1.29 is 18.0 Å². The molecule has 0 bridgehead atoms. The largest absolute Gasteiger partial charge is 0.418 e. The molecular weight excluding hydrogens is 305 g/mol. The molecule has 2 aromatic carbocycles. The molecule has 0 aromatic heterocycles. The Kier molecular flexibility index (Phi) is 4.09. The van der Waals surface area contributed by atoms with E-state index >= 15 is 0 Å². The molecule has 0 heterocycles. The molecule has 2 aromatic rings. The molecule has 0 aliphatic carbocycles. The predicted octanol–water partition coefficient (Wildman–Crippen LogP) is 4.19. The van der Waals surface area contributed by atoms with Crippen molar-refractivity contribution in [3.63, 3.8) is 0 Å². The maximum atomic E-state index is 12.9. The fourth-order valence-corrected chi connectivity index (χ4v) is 1.92. The second kappa shape index (κ2) is 5.65. The van der Waals surface area contributed by atoms with E-state index in [-0.39, 0.29) is 16.9 Å². The summed E-state index contributed by atoms with van der Waals surface area (Å²) in [6, 6.07) is 9.07. The van der Waals surface area contributed by atoms with Gasteiger partial charge in [-0.25, -0.2) is 0 Å². The number of hydrogen-bond acceptors (Lipinski definition) is 2. The third-order valence-corrected chi connectivity index (χ3v) is 2.92. The Labute approximate surface area is 123 Å². The van der Waals surface area contributed by atoms with Gasteiger partial charge in [0, 0.05) is 16.3 Å². The molecule has 0 spiro atoms. The highest BCUT2D eigenvalue weighted by Gasteiger charge is 2.34. The first-order valence-electron chi connectivity index (χ1n) is 5.81. The van der Waals surface area contributed by atoms with Crippen molar-refractivity contribution >= 4 is 28.9 Å². The van der Waals surface area contributed by atoms with Crippen LogP contribution < -0.4 is 11.1 Å². The van der Waals surface area contributed by atoms with Crippen LogP contribution in [0.15, 0.2) is 42.5 Å². The molecule has 0 aliphatic heterocycles. The molecular formula is C14H10ClF3N2O. The number of nitrogen functional groups attached to an aromatic ring is 1. The second-order valence-corrected chi connectivity index (χ2v) is 4.70. The zero-order chi connectivity index (χ0) is 15.6. The van der Waals surface area contributed by atoms with Gasteiger partial charge in [0.15, 0.2) is 0 Å². The van der Waals surface area contributed by atoms with Crippen LogP contribution in [0.5, 0.6) is 0 Å². The van der Waals surface area contributed by atoms with Crippen molar-refractivity contribution in [1.29, 1.82) is 0 Å². The van der Waals surface area contributed by atoms with Crippen LogP contribution in [0.4, 0.5) is 24.5 Å². The highest BCUT2D eigenvalue weighted by Crippen LogP contribution is 2.36. The Morgan fingerprint density at radius 1 is 1.14 bits per heavy atom. The zero-order valence-electron chi connectivity index (χ0n) is 10.5. The lowest BCUT2D eigenvalue weighted by molar-refractivity contribution is -0.136. The van der Waals surface area contributed by atoms with E-state index in [0.717, 1.165) is 12.1 Å². The Morgan fingerprint density at radius 3 is 2.48 bits per heavy atom. The van der Waals surface area contributed by atoms with Gasteiger partial charge in [-0.3, -0.25) is 4.79 Å². The van der Waals surface area contributed by atoms with Crippen LogP contribution in [0.25, 0.3) is 0 Å². The van der Waals surface area contributed by atoms with Crippen LogP contribution in [0, 0.1) is 0 Å². The number of anilines is 2. The van der Waals surface area contributed by atoms with Crippen molar-refractivity contribution in [2.75, 3.05) is 11.1 Å². The highest BCUT2D eigenvalue weighted by atomic mass is 35.5. The molecule has 7 heteroatoms. The Bertz CT molecular complexity index is 686. The van der Waals surface area contributed by atoms with Crippen LogP contribution in [-0.4, -0.2) is 5.91 Å². The molecule has 0 saturated carbocycles. The number of benzene rings is 2. The molecule has 3 nitrogen and oxygen atoms in total. The molecule has 0 fully saturated rings. The van der Waals surface area contributed by atoms with E-state index in [0.29, 0.717) is 5.02 Å². The first kappa shape index (κ1) is 15.2. The van der Waals surface area contributed by atoms with Gasteiger partial charge in [-0.2, -0.15) is 13.2 Å². The minimum absolute atomic E-state index is 0.0388. The summed E-state index contributed by atoms with van der Waals surface area (Å²) in [6.07, 6.45) is -4.62. The Morgan fingerprint density at radius 2 is 1.86 bits per heavy atom. The minimum atomic E-state index is -4.62.